The molecule has 0 aliphatic carbocycles. The Morgan fingerprint density at radius 2 is 1.95 bits per heavy atom. The van der Waals surface area contributed by atoms with Crippen LogP contribution >= 0.6 is 11.8 Å². The van der Waals surface area contributed by atoms with Gasteiger partial charge in [-0.25, -0.2) is 4.98 Å². The first-order valence-electron chi connectivity index (χ1n) is 6.33. The Morgan fingerprint density at radius 1 is 1.16 bits per heavy atom. The number of aromatic nitrogens is 1. The van der Waals surface area contributed by atoms with Crippen molar-refractivity contribution in [3.05, 3.63) is 42.6 Å². The van der Waals surface area contributed by atoms with Crippen molar-refractivity contribution in [2.45, 2.75) is 23.1 Å². The monoisotopic (exact) mass is 274 g/mol. The SMILES string of the molecule is CCCNc1cc(Sc2ccc(OC)cc2)ccn1. The van der Waals surface area contributed by atoms with Crippen LogP contribution in [0.15, 0.2) is 52.4 Å². The van der Waals surface area contributed by atoms with E-state index in [1.165, 1.54) is 9.79 Å². The van der Waals surface area contributed by atoms with E-state index in [0.29, 0.717) is 0 Å². The van der Waals surface area contributed by atoms with E-state index in [2.05, 4.69) is 35.4 Å². The van der Waals surface area contributed by atoms with E-state index in [-0.39, 0.29) is 0 Å². The molecule has 1 aromatic carbocycles. The van der Waals surface area contributed by atoms with E-state index in [0.717, 1.165) is 24.5 Å². The fourth-order valence-corrected chi connectivity index (χ4v) is 2.45. The molecule has 19 heavy (non-hydrogen) atoms. The molecule has 0 unspecified atom stereocenters. The molecule has 0 spiro atoms. The van der Waals surface area contributed by atoms with E-state index in [1.807, 2.05) is 24.4 Å². The minimum absolute atomic E-state index is 0.879. The van der Waals surface area contributed by atoms with Crippen molar-refractivity contribution in [1.82, 2.24) is 4.98 Å². The molecular formula is C15H18N2OS. The van der Waals surface area contributed by atoms with Crippen molar-refractivity contribution in [2.75, 3.05) is 19.0 Å². The van der Waals surface area contributed by atoms with Crippen LogP contribution in [0.2, 0.25) is 0 Å². The molecule has 0 aliphatic rings. The molecule has 0 saturated carbocycles. The molecule has 0 saturated heterocycles. The normalized spacial score (nSPS) is 10.2. The van der Waals surface area contributed by atoms with Crippen LogP contribution < -0.4 is 10.1 Å². The molecule has 2 rings (SSSR count). The highest BCUT2D eigenvalue weighted by Crippen LogP contribution is 2.29. The van der Waals surface area contributed by atoms with Gasteiger partial charge in [-0.15, -0.1) is 0 Å². The largest absolute Gasteiger partial charge is 0.497 e. The molecule has 2 aromatic rings. The minimum atomic E-state index is 0.879. The zero-order chi connectivity index (χ0) is 13.5. The summed E-state index contributed by atoms with van der Waals surface area (Å²) in [6.07, 6.45) is 2.93. The Bertz CT molecular complexity index is 514. The molecule has 0 radical (unpaired) electrons. The first-order valence-corrected chi connectivity index (χ1v) is 7.15. The minimum Gasteiger partial charge on any atom is -0.497 e. The van der Waals surface area contributed by atoms with Crippen LogP contribution in [0.3, 0.4) is 0 Å². The maximum Gasteiger partial charge on any atom is 0.127 e. The smallest absolute Gasteiger partial charge is 0.127 e. The van der Waals surface area contributed by atoms with Gasteiger partial charge in [0.25, 0.3) is 0 Å². The van der Waals surface area contributed by atoms with Crippen LogP contribution in [0.5, 0.6) is 5.75 Å². The zero-order valence-electron chi connectivity index (χ0n) is 11.2. The molecule has 1 aromatic heterocycles. The number of anilines is 1. The number of ether oxygens (including phenoxy) is 1. The lowest BCUT2D eigenvalue weighted by Gasteiger charge is -2.06. The van der Waals surface area contributed by atoms with Crippen molar-refractivity contribution >= 4 is 17.6 Å². The van der Waals surface area contributed by atoms with Gasteiger partial charge < -0.3 is 10.1 Å². The fourth-order valence-electron chi connectivity index (χ4n) is 1.60. The summed E-state index contributed by atoms with van der Waals surface area (Å²) in [6, 6.07) is 12.2. The molecule has 1 heterocycles. The van der Waals surface area contributed by atoms with Crippen LogP contribution in [0.25, 0.3) is 0 Å². The van der Waals surface area contributed by atoms with Crippen molar-refractivity contribution in [3.8, 4) is 5.75 Å². The molecule has 0 amide bonds. The molecule has 0 bridgehead atoms. The van der Waals surface area contributed by atoms with Gasteiger partial charge in [-0.05, 0) is 42.8 Å². The second-order valence-electron chi connectivity index (χ2n) is 4.08. The summed E-state index contributed by atoms with van der Waals surface area (Å²) < 4.78 is 5.15. The Labute approximate surface area is 118 Å². The second-order valence-corrected chi connectivity index (χ2v) is 5.23. The van der Waals surface area contributed by atoms with Gasteiger partial charge in [0, 0.05) is 22.5 Å². The van der Waals surface area contributed by atoms with Gasteiger partial charge in [0.15, 0.2) is 0 Å². The summed E-state index contributed by atoms with van der Waals surface area (Å²) in [5, 5.41) is 3.29. The van der Waals surface area contributed by atoms with Gasteiger partial charge in [0.05, 0.1) is 7.11 Å². The van der Waals surface area contributed by atoms with Gasteiger partial charge in [-0.3, -0.25) is 0 Å². The number of pyridine rings is 1. The van der Waals surface area contributed by atoms with Gasteiger partial charge in [0.2, 0.25) is 0 Å². The van der Waals surface area contributed by atoms with E-state index in [1.54, 1.807) is 18.9 Å². The first-order chi connectivity index (χ1) is 9.31. The van der Waals surface area contributed by atoms with E-state index in [9.17, 15) is 0 Å². The molecule has 0 aliphatic heterocycles. The van der Waals surface area contributed by atoms with Crippen molar-refractivity contribution in [2.24, 2.45) is 0 Å². The van der Waals surface area contributed by atoms with E-state index < -0.39 is 0 Å². The molecule has 100 valence electrons. The lowest BCUT2D eigenvalue weighted by atomic mass is 10.3. The highest BCUT2D eigenvalue weighted by molar-refractivity contribution is 7.99. The van der Waals surface area contributed by atoms with Crippen LogP contribution in [0.1, 0.15) is 13.3 Å². The summed E-state index contributed by atoms with van der Waals surface area (Å²) >= 11 is 1.72. The third-order valence-corrected chi connectivity index (χ3v) is 3.58. The lowest BCUT2D eigenvalue weighted by Crippen LogP contribution is -2.01. The second kappa shape index (κ2) is 7.04. The molecule has 4 heteroatoms. The maximum atomic E-state index is 5.15. The molecule has 0 atom stereocenters. The van der Waals surface area contributed by atoms with Crippen LogP contribution in [-0.4, -0.2) is 18.6 Å². The quantitative estimate of drug-likeness (QED) is 0.861. The first kappa shape index (κ1) is 13.7. The number of nitrogens with one attached hydrogen (secondary N) is 1. The number of methoxy groups -OCH3 is 1. The van der Waals surface area contributed by atoms with Crippen molar-refractivity contribution in [1.29, 1.82) is 0 Å². The van der Waals surface area contributed by atoms with Crippen LogP contribution in [0.4, 0.5) is 5.82 Å². The summed E-state index contributed by atoms with van der Waals surface area (Å²) in [5.41, 5.74) is 0. The average molecular weight is 274 g/mol. The third kappa shape index (κ3) is 4.17. The number of hydrogen-bond donors (Lipinski definition) is 1. The van der Waals surface area contributed by atoms with Gasteiger partial charge in [0.1, 0.15) is 11.6 Å². The van der Waals surface area contributed by atoms with Crippen molar-refractivity contribution in [3.63, 3.8) is 0 Å². The summed E-state index contributed by atoms with van der Waals surface area (Å²) in [5.74, 6) is 1.81. The standard InChI is InChI=1S/C15H18N2OS/c1-3-9-16-15-11-14(8-10-17-15)19-13-6-4-12(18-2)5-7-13/h4-8,10-11H,3,9H2,1-2H3,(H,16,17). The molecule has 1 N–H and O–H groups in total. The number of nitrogens with zero attached hydrogens (tertiary/aromatic N) is 1. The molecule has 0 fully saturated rings. The predicted molar refractivity (Wildman–Crippen MR) is 80.1 cm³/mol. The Hall–Kier alpha value is -1.68. The molecule has 3 nitrogen and oxygen atoms in total. The van der Waals surface area contributed by atoms with E-state index >= 15 is 0 Å². The lowest BCUT2D eigenvalue weighted by molar-refractivity contribution is 0.414. The average Bonchev–Trinajstić information content (AvgIpc) is 2.46. The van der Waals surface area contributed by atoms with Gasteiger partial charge >= 0.3 is 0 Å². The maximum absolute atomic E-state index is 5.15. The van der Waals surface area contributed by atoms with Crippen molar-refractivity contribution < 1.29 is 4.74 Å². The number of benzene rings is 1. The Balaban J connectivity index is 2.05. The van der Waals surface area contributed by atoms with Crippen LogP contribution in [0, 0.1) is 0 Å². The molecular weight excluding hydrogens is 256 g/mol. The highest BCUT2D eigenvalue weighted by atomic mass is 32.2. The predicted octanol–water partition coefficient (Wildman–Crippen LogP) is 4.06. The fraction of sp³-hybridized carbons (Fsp3) is 0.267. The Morgan fingerprint density at radius 3 is 2.63 bits per heavy atom. The number of hydrogen-bond acceptors (Lipinski definition) is 4. The zero-order valence-corrected chi connectivity index (χ0v) is 12.0. The van der Waals surface area contributed by atoms with E-state index in [4.69, 9.17) is 4.74 Å². The topological polar surface area (TPSA) is 34.1 Å². The summed E-state index contributed by atoms with van der Waals surface area (Å²) in [4.78, 5) is 6.67. The summed E-state index contributed by atoms with van der Waals surface area (Å²) in [7, 11) is 1.68. The number of rotatable bonds is 6. The van der Waals surface area contributed by atoms with Crippen LogP contribution in [-0.2, 0) is 0 Å². The van der Waals surface area contributed by atoms with Gasteiger partial charge in [-0.1, -0.05) is 18.7 Å². The Kier molecular flexibility index (Phi) is 5.10. The summed E-state index contributed by atoms with van der Waals surface area (Å²) in [6.45, 7) is 3.09. The highest BCUT2D eigenvalue weighted by Gasteiger charge is 2.00. The van der Waals surface area contributed by atoms with Gasteiger partial charge in [-0.2, -0.15) is 0 Å². The third-order valence-electron chi connectivity index (χ3n) is 2.58.